The lowest BCUT2D eigenvalue weighted by Gasteiger charge is -2.14. The second-order valence-electron chi connectivity index (χ2n) is 5.32. The van der Waals surface area contributed by atoms with Crippen molar-refractivity contribution in [2.24, 2.45) is 0 Å². The van der Waals surface area contributed by atoms with E-state index in [0.29, 0.717) is 45.2 Å². The van der Waals surface area contributed by atoms with Crippen LogP contribution in [0.15, 0.2) is 30.6 Å². The van der Waals surface area contributed by atoms with Crippen molar-refractivity contribution in [3.63, 3.8) is 0 Å². The highest BCUT2D eigenvalue weighted by Gasteiger charge is 2.19. The van der Waals surface area contributed by atoms with Gasteiger partial charge in [-0.15, -0.1) is 0 Å². The molecule has 1 aromatic carbocycles. The number of hydrogen-bond acceptors (Lipinski definition) is 6. The molecule has 0 amide bonds. The van der Waals surface area contributed by atoms with E-state index in [4.69, 9.17) is 22.1 Å². The summed E-state index contributed by atoms with van der Waals surface area (Å²) >= 11 is 5.95. The molecule has 3 aromatic rings. The van der Waals surface area contributed by atoms with E-state index in [-0.39, 0.29) is 6.61 Å². The molecule has 25 heavy (non-hydrogen) atoms. The van der Waals surface area contributed by atoms with Gasteiger partial charge in [0, 0.05) is 17.8 Å². The summed E-state index contributed by atoms with van der Waals surface area (Å²) in [6, 6.07) is 5.11. The van der Waals surface area contributed by atoms with Gasteiger partial charge in [-0.25, -0.2) is 14.5 Å². The van der Waals surface area contributed by atoms with Crippen molar-refractivity contribution in [3.05, 3.63) is 41.2 Å². The minimum Gasteiger partial charge on any atom is -0.462 e. The number of esters is 1. The Balaban J connectivity index is 2.16. The molecule has 3 rings (SSSR count). The third-order valence-corrected chi connectivity index (χ3v) is 3.97. The minimum absolute atomic E-state index is 0.271. The fourth-order valence-electron chi connectivity index (χ4n) is 2.54. The second-order valence-corrected chi connectivity index (χ2v) is 5.76. The van der Waals surface area contributed by atoms with Gasteiger partial charge >= 0.3 is 5.97 Å². The van der Waals surface area contributed by atoms with E-state index in [1.54, 1.807) is 36.0 Å². The Morgan fingerprint density at radius 1 is 1.36 bits per heavy atom. The minimum atomic E-state index is -0.462. The van der Waals surface area contributed by atoms with Gasteiger partial charge in [0.2, 0.25) is 0 Å². The quantitative estimate of drug-likeness (QED) is 0.533. The van der Waals surface area contributed by atoms with E-state index in [1.807, 2.05) is 6.92 Å². The number of ether oxygens (including phenoxy) is 1. The highest BCUT2D eigenvalue weighted by atomic mass is 35.5. The van der Waals surface area contributed by atoms with Crippen molar-refractivity contribution < 1.29 is 9.53 Å². The average molecular weight is 360 g/mol. The molecular weight excluding hydrogens is 342 g/mol. The Bertz CT molecular complexity index is 938. The van der Waals surface area contributed by atoms with Crippen molar-refractivity contribution in [1.82, 2.24) is 14.8 Å². The SMILES string of the molecule is CCOC(=O)c1cnc2c(cnn2CC)c1Nc1ccc(Cl)cc1N. The lowest BCUT2D eigenvalue weighted by molar-refractivity contribution is 0.0527. The fraction of sp³-hybridized carbons (Fsp3) is 0.235. The van der Waals surface area contributed by atoms with Gasteiger partial charge in [-0.2, -0.15) is 5.10 Å². The van der Waals surface area contributed by atoms with Gasteiger partial charge < -0.3 is 15.8 Å². The van der Waals surface area contributed by atoms with Gasteiger partial charge in [0.15, 0.2) is 5.65 Å². The van der Waals surface area contributed by atoms with Crippen molar-refractivity contribution in [2.75, 3.05) is 17.7 Å². The largest absolute Gasteiger partial charge is 0.462 e. The first-order chi connectivity index (χ1) is 12.0. The number of nitrogens with one attached hydrogen (secondary N) is 1. The van der Waals surface area contributed by atoms with Gasteiger partial charge in [0.1, 0.15) is 5.56 Å². The molecule has 0 saturated heterocycles. The maximum atomic E-state index is 12.3. The monoisotopic (exact) mass is 359 g/mol. The van der Waals surface area contributed by atoms with Crippen LogP contribution in [-0.2, 0) is 11.3 Å². The number of nitrogens with zero attached hydrogens (tertiary/aromatic N) is 3. The smallest absolute Gasteiger partial charge is 0.341 e. The molecular formula is C17H18ClN5O2. The molecule has 0 fully saturated rings. The van der Waals surface area contributed by atoms with Gasteiger partial charge in [0.05, 0.1) is 35.3 Å². The van der Waals surface area contributed by atoms with Gasteiger partial charge in [-0.1, -0.05) is 11.6 Å². The Morgan fingerprint density at radius 2 is 2.16 bits per heavy atom. The van der Waals surface area contributed by atoms with Crippen LogP contribution in [0.5, 0.6) is 0 Å². The summed E-state index contributed by atoms with van der Waals surface area (Å²) in [5.74, 6) is -0.462. The number of anilines is 3. The predicted molar refractivity (Wildman–Crippen MR) is 98.3 cm³/mol. The van der Waals surface area contributed by atoms with E-state index in [2.05, 4.69) is 15.4 Å². The number of carbonyl (C=O) groups excluding carboxylic acids is 1. The molecule has 0 atom stereocenters. The molecule has 130 valence electrons. The summed E-state index contributed by atoms with van der Waals surface area (Å²) in [4.78, 5) is 16.7. The lowest BCUT2D eigenvalue weighted by Crippen LogP contribution is -2.10. The summed E-state index contributed by atoms with van der Waals surface area (Å²) in [6.07, 6.45) is 3.16. The molecule has 2 aromatic heterocycles. The zero-order chi connectivity index (χ0) is 18.0. The zero-order valence-corrected chi connectivity index (χ0v) is 14.7. The number of carbonyl (C=O) groups is 1. The number of pyridine rings is 1. The number of aryl methyl sites for hydroxylation is 1. The number of halogens is 1. The Morgan fingerprint density at radius 3 is 2.84 bits per heavy atom. The maximum absolute atomic E-state index is 12.3. The van der Waals surface area contributed by atoms with Crippen LogP contribution in [0.3, 0.4) is 0 Å². The second kappa shape index (κ2) is 6.98. The van der Waals surface area contributed by atoms with Gasteiger partial charge in [0.25, 0.3) is 0 Å². The highest BCUT2D eigenvalue weighted by Crippen LogP contribution is 2.32. The number of fused-ring (bicyclic) bond motifs is 1. The molecule has 0 aliphatic heterocycles. The average Bonchev–Trinajstić information content (AvgIpc) is 3.01. The van der Waals surface area contributed by atoms with E-state index >= 15 is 0 Å². The van der Waals surface area contributed by atoms with Crippen molar-refractivity contribution in [1.29, 1.82) is 0 Å². The van der Waals surface area contributed by atoms with Crippen LogP contribution >= 0.6 is 11.6 Å². The first-order valence-corrected chi connectivity index (χ1v) is 8.26. The summed E-state index contributed by atoms with van der Waals surface area (Å²) in [5.41, 5.74) is 8.67. The number of benzene rings is 1. The van der Waals surface area contributed by atoms with Crippen LogP contribution in [0.25, 0.3) is 11.0 Å². The van der Waals surface area contributed by atoms with E-state index < -0.39 is 5.97 Å². The molecule has 0 aliphatic rings. The first kappa shape index (κ1) is 17.0. The standard InChI is InChI=1S/C17H18ClN5O2/c1-3-23-16-11(9-21-23)15(12(8-20-16)17(24)25-4-2)22-14-6-5-10(18)7-13(14)19/h5-9H,3-4,19H2,1-2H3,(H,20,22). The topological polar surface area (TPSA) is 95.1 Å². The molecule has 2 heterocycles. The zero-order valence-electron chi connectivity index (χ0n) is 13.9. The molecule has 3 N–H and O–H groups in total. The molecule has 0 saturated carbocycles. The van der Waals surface area contributed by atoms with Crippen molar-refractivity contribution in [2.45, 2.75) is 20.4 Å². The Kier molecular flexibility index (Phi) is 4.76. The highest BCUT2D eigenvalue weighted by molar-refractivity contribution is 6.31. The lowest BCUT2D eigenvalue weighted by atomic mass is 10.1. The maximum Gasteiger partial charge on any atom is 0.341 e. The predicted octanol–water partition coefficient (Wildman–Crippen LogP) is 3.61. The number of nitrogen functional groups attached to an aromatic ring is 1. The third kappa shape index (κ3) is 3.23. The Hall–Kier alpha value is -2.80. The molecule has 0 bridgehead atoms. The van der Waals surface area contributed by atoms with Gasteiger partial charge in [-0.05, 0) is 32.0 Å². The normalized spacial score (nSPS) is 10.8. The van der Waals surface area contributed by atoms with Crippen LogP contribution in [0, 0.1) is 0 Å². The molecule has 0 spiro atoms. The molecule has 7 nitrogen and oxygen atoms in total. The van der Waals surface area contributed by atoms with Crippen LogP contribution in [0.2, 0.25) is 5.02 Å². The summed E-state index contributed by atoms with van der Waals surface area (Å²) in [7, 11) is 0. The number of nitrogens with two attached hydrogens (primary N) is 1. The number of aromatic nitrogens is 3. The fourth-order valence-corrected chi connectivity index (χ4v) is 2.72. The number of rotatable bonds is 5. The molecule has 8 heteroatoms. The van der Waals surface area contributed by atoms with Crippen molar-refractivity contribution in [3.8, 4) is 0 Å². The van der Waals surface area contributed by atoms with E-state index in [1.165, 1.54) is 6.20 Å². The van der Waals surface area contributed by atoms with Gasteiger partial charge in [-0.3, -0.25) is 0 Å². The van der Waals surface area contributed by atoms with Crippen LogP contribution in [-0.4, -0.2) is 27.3 Å². The van der Waals surface area contributed by atoms with Crippen LogP contribution in [0.1, 0.15) is 24.2 Å². The van der Waals surface area contributed by atoms with Crippen molar-refractivity contribution >= 4 is 45.7 Å². The van der Waals surface area contributed by atoms with E-state index in [0.717, 1.165) is 0 Å². The van der Waals surface area contributed by atoms with Crippen LogP contribution < -0.4 is 11.1 Å². The molecule has 0 radical (unpaired) electrons. The van der Waals surface area contributed by atoms with Crippen LogP contribution in [0.4, 0.5) is 17.1 Å². The summed E-state index contributed by atoms with van der Waals surface area (Å²) in [5, 5.41) is 8.76. The number of hydrogen-bond donors (Lipinski definition) is 2. The third-order valence-electron chi connectivity index (χ3n) is 3.73. The summed E-state index contributed by atoms with van der Waals surface area (Å²) < 4.78 is 6.89. The first-order valence-electron chi connectivity index (χ1n) is 7.88. The van der Waals surface area contributed by atoms with E-state index in [9.17, 15) is 4.79 Å². The Labute approximate surface area is 149 Å². The molecule has 0 aliphatic carbocycles. The molecule has 0 unspecified atom stereocenters. The summed E-state index contributed by atoms with van der Waals surface area (Å²) in [6.45, 7) is 4.66.